The molecule has 12 rings (SSSR count). The van der Waals surface area contributed by atoms with E-state index in [-0.39, 0.29) is 72.7 Å². The number of hydrogen-bond acceptors (Lipinski definition) is 22. The number of nitrogens with zero attached hydrogens (tertiary/aromatic N) is 1. The number of esters is 3. The standard InChI is InChI=1S/C92H99NO21S/c1-63(94)93(64(2)95)80-76(103-55-70-39-21-9-22-40-70)51-92(91(98)99-5,113-84(80)82(108-65(3)96)77(104-56-71-41-23-10-24-42-71)60-100-52-67-33-15-6-16-34-67)114-86-81(105-57-72-43-25-11-26-44-72)78(61-101-53-68-35-17-7-18-36-68)110-89(87(86)109-66(4)97)112-83-79(62-102-54-69-37-19-8-20-38-69)111-90(115-75-49-31-14-32-50-75)88(107-59-74-47-29-13-30-48-74)85(83)106-58-73-45-27-12-28-46-73/h6-50,76-90H,51-62H2,1-5H3/t76-,77?,78+,79+,80+,81-,82?,83?,84?,85-,86?,87?,88+,89?,90-,92?/m0/s1. The fourth-order valence-electron chi connectivity index (χ4n) is 14.4. The first-order valence-electron chi connectivity index (χ1n) is 38.6. The van der Waals surface area contributed by atoms with Crippen molar-refractivity contribution in [1.82, 2.24) is 4.90 Å². The molecule has 2 amide bonds. The fourth-order valence-corrected chi connectivity index (χ4v) is 15.5. The first-order chi connectivity index (χ1) is 56.2. The number of carbonyl (C=O) groups excluding carboxylic acids is 5. The minimum Gasteiger partial charge on any atom is -0.465 e. The molecule has 0 bridgehead atoms. The highest BCUT2D eigenvalue weighted by molar-refractivity contribution is 7.99. The van der Waals surface area contributed by atoms with Crippen LogP contribution >= 0.6 is 11.8 Å². The molecule has 3 aliphatic heterocycles. The number of carbonyl (C=O) groups is 5. The number of ether oxygens (including phenoxy) is 16. The summed E-state index contributed by atoms with van der Waals surface area (Å²) in [5, 5.41) is 0. The molecular weight excluding hydrogens is 1490 g/mol. The third-order valence-corrected chi connectivity index (χ3v) is 20.9. The molecule has 3 saturated heterocycles. The van der Waals surface area contributed by atoms with Crippen LogP contribution in [0.2, 0.25) is 0 Å². The van der Waals surface area contributed by atoms with Crippen LogP contribution in [0.3, 0.4) is 0 Å². The highest BCUT2D eigenvalue weighted by Crippen LogP contribution is 2.45. The van der Waals surface area contributed by atoms with Crippen molar-refractivity contribution in [2.75, 3.05) is 26.9 Å². The predicted molar refractivity (Wildman–Crippen MR) is 425 cm³/mol. The number of imide groups is 1. The van der Waals surface area contributed by atoms with Gasteiger partial charge < -0.3 is 75.8 Å². The normalized spacial score (nSPS) is 23.9. The third-order valence-electron chi connectivity index (χ3n) is 19.7. The predicted octanol–water partition coefficient (Wildman–Crippen LogP) is 13.9. The van der Waals surface area contributed by atoms with Gasteiger partial charge in [-0.05, 0) is 56.6 Å². The summed E-state index contributed by atoms with van der Waals surface area (Å²) >= 11 is 1.43. The van der Waals surface area contributed by atoms with Crippen molar-refractivity contribution < 1.29 is 99.8 Å². The van der Waals surface area contributed by atoms with Gasteiger partial charge in [0.2, 0.25) is 11.8 Å². The minimum absolute atomic E-state index is 0.0395. The van der Waals surface area contributed by atoms with Crippen molar-refractivity contribution in [3.8, 4) is 0 Å². The van der Waals surface area contributed by atoms with Gasteiger partial charge in [-0.15, -0.1) is 0 Å². The van der Waals surface area contributed by atoms with E-state index in [4.69, 9.17) is 75.8 Å². The molecule has 16 atom stereocenters. The molecule has 604 valence electrons. The molecule has 0 aromatic heterocycles. The van der Waals surface area contributed by atoms with Gasteiger partial charge >= 0.3 is 17.9 Å². The number of thioether (sulfide) groups is 1. The second-order valence-corrected chi connectivity index (χ2v) is 29.4. The topological polar surface area (TPSA) is 236 Å². The van der Waals surface area contributed by atoms with Crippen LogP contribution in [0.25, 0.3) is 0 Å². The molecule has 9 aromatic carbocycles. The van der Waals surface area contributed by atoms with Crippen LogP contribution in [0.5, 0.6) is 0 Å². The summed E-state index contributed by atoms with van der Waals surface area (Å²) in [6.07, 6.45) is -19.7. The summed E-state index contributed by atoms with van der Waals surface area (Å²) < 4.78 is 112. The van der Waals surface area contributed by atoms with Gasteiger partial charge in [-0.1, -0.05) is 273 Å². The van der Waals surface area contributed by atoms with Crippen molar-refractivity contribution in [3.05, 3.63) is 317 Å². The summed E-state index contributed by atoms with van der Waals surface area (Å²) in [4.78, 5) is 76.2. The Hall–Kier alpha value is -9.64. The van der Waals surface area contributed by atoms with Crippen LogP contribution < -0.4 is 0 Å². The first-order valence-corrected chi connectivity index (χ1v) is 39.4. The highest BCUT2D eigenvalue weighted by Gasteiger charge is 2.64. The van der Waals surface area contributed by atoms with Crippen molar-refractivity contribution in [2.24, 2.45) is 0 Å². The van der Waals surface area contributed by atoms with E-state index >= 15 is 4.79 Å². The van der Waals surface area contributed by atoms with Gasteiger partial charge in [0.25, 0.3) is 5.79 Å². The summed E-state index contributed by atoms with van der Waals surface area (Å²) in [5.74, 6) is -7.29. The Morgan fingerprint density at radius 2 is 0.835 bits per heavy atom. The largest absolute Gasteiger partial charge is 0.465 e. The van der Waals surface area contributed by atoms with E-state index in [0.717, 1.165) is 44.7 Å². The highest BCUT2D eigenvalue weighted by atomic mass is 32.2. The minimum atomic E-state index is -2.85. The smallest absolute Gasteiger partial charge is 0.366 e. The van der Waals surface area contributed by atoms with E-state index in [1.807, 2.05) is 273 Å². The molecule has 0 saturated carbocycles. The number of benzene rings is 9. The van der Waals surface area contributed by atoms with E-state index in [9.17, 15) is 19.2 Å². The molecule has 3 heterocycles. The average molecular weight is 1590 g/mol. The SMILES string of the molecule is COC(=O)C1(OC2C(OC(C)=O)C(OC3[C@@H](COCc4ccccc4)O[C@@H](Sc4ccccc4)[C@H](OCc4ccccc4)[C@H]3OCc3ccccc3)O[C@H](COCc3ccccc3)[C@@H]2OCc2ccccc2)C[C@H](OCc2ccccc2)[C@@H](N(C(C)=O)C(C)=O)C(C(OC(C)=O)C(COCc2ccccc2)OCc2ccccc2)O1. The van der Waals surface area contributed by atoms with Gasteiger partial charge in [-0.2, -0.15) is 0 Å². The molecule has 0 spiro atoms. The molecule has 22 nitrogen and oxygen atoms in total. The number of methoxy groups -OCH3 is 1. The molecule has 115 heavy (non-hydrogen) atoms. The zero-order valence-corrected chi connectivity index (χ0v) is 65.9. The van der Waals surface area contributed by atoms with Crippen molar-refractivity contribution in [3.63, 3.8) is 0 Å². The van der Waals surface area contributed by atoms with Crippen LogP contribution in [0, 0.1) is 0 Å². The van der Waals surface area contributed by atoms with E-state index in [0.29, 0.717) is 16.7 Å². The molecule has 0 N–H and O–H groups in total. The van der Waals surface area contributed by atoms with Crippen LogP contribution in [-0.4, -0.2) is 158 Å². The second-order valence-electron chi connectivity index (χ2n) is 28.2. The Morgan fingerprint density at radius 3 is 1.27 bits per heavy atom. The lowest BCUT2D eigenvalue weighted by molar-refractivity contribution is -0.389. The Bertz CT molecular complexity index is 4390. The van der Waals surface area contributed by atoms with E-state index in [1.165, 1.54) is 39.5 Å². The Labute approximate surface area is 675 Å². The zero-order chi connectivity index (χ0) is 80.1. The molecule has 0 aliphatic carbocycles. The van der Waals surface area contributed by atoms with Crippen molar-refractivity contribution in [1.29, 1.82) is 0 Å². The maximum absolute atomic E-state index is 16.3. The molecule has 23 heteroatoms. The van der Waals surface area contributed by atoms with E-state index in [2.05, 4.69) is 0 Å². The van der Waals surface area contributed by atoms with E-state index < -0.39 is 133 Å². The van der Waals surface area contributed by atoms with Crippen LogP contribution in [0.15, 0.2) is 278 Å². The third kappa shape index (κ3) is 24.2. The van der Waals surface area contributed by atoms with Crippen molar-refractivity contribution >= 4 is 41.5 Å². The maximum Gasteiger partial charge on any atom is 0.366 e. The van der Waals surface area contributed by atoms with Crippen LogP contribution in [0.4, 0.5) is 0 Å². The van der Waals surface area contributed by atoms with Crippen LogP contribution in [-0.2, 0) is 153 Å². The lowest BCUT2D eigenvalue weighted by Gasteiger charge is -2.54. The van der Waals surface area contributed by atoms with Gasteiger partial charge in [0, 0.05) is 39.0 Å². The summed E-state index contributed by atoms with van der Waals surface area (Å²) in [6.45, 7) is 4.07. The Balaban J connectivity index is 1.05. The molecule has 9 aromatic rings. The molecular formula is C92H99NO21S. The summed E-state index contributed by atoms with van der Waals surface area (Å²) in [6, 6.07) is 83.7. The zero-order valence-electron chi connectivity index (χ0n) is 65.1. The summed E-state index contributed by atoms with van der Waals surface area (Å²) in [5.41, 5.74) is 5.39. The molecule has 3 aliphatic rings. The maximum atomic E-state index is 16.3. The summed E-state index contributed by atoms with van der Waals surface area (Å²) in [7, 11) is 1.13. The molecule has 0 radical (unpaired) electrons. The lowest BCUT2D eigenvalue weighted by Crippen LogP contribution is -2.72. The van der Waals surface area contributed by atoms with Gasteiger partial charge in [-0.25, -0.2) is 4.79 Å². The number of rotatable bonds is 39. The number of amides is 2. The van der Waals surface area contributed by atoms with Gasteiger partial charge in [0.05, 0.1) is 91.9 Å². The first kappa shape index (κ1) is 84.7. The van der Waals surface area contributed by atoms with E-state index in [1.54, 1.807) is 0 Å². The lowest BCUT2D eigenvalue weighted by atomic mass is 9.86. The molecule has 8 unspecified atom stereocenters. The second kappa shape index (κ2) is 43.4. The fraction of sp³-hybridized carbons (Fsp3) is 0.359. The quantitative estimate of drug-likeness (QED) is 0.0257. The Kier molecular flexibility index (Phi) is 32.0. The average Bonchev–Trinajstić information content (AvgIpc) is 0.734. The number of hydrogen-bond donors (Lipinski definition) is 0. The molecule has 3 fully saturated rings. The van der Waals surface area contributed by atoms with Gasteiger partial charge in [-0.3, -0.25) is 24.1 Å². The van der Waals surface area contributed by atoms with Crippen LogP contribution in [0.1, 0.15) is 78.6 Å². The Morgan fingerprint density at radius 1 is 0.435 bits per heavy atom. The van der Waals surface area contributed by atoms with Gasteiger partial charge in [0.15, 0.2) is 18.5 Å². The van der Waals surface area contributed by atoms with Crippen molar-refractivity contribution in [2.45, 2.75) is 189 Å². The monoisotopic (exact) mass is 1590 g/mol. The van der Waals surface area contributed by atoms with Gasteiger partial charge in [0.1, 0.15) is 60.4 Å².